The third-order valence-corrected chi connectivity index (χ3v) is 8.72. The van der Waals surface area contributed by atoms with Gasteiger partial charge in [0.05, 0.1) is 12.1 Å². The number of hydrogen-bond donors (Lipinski definition) is 12. The molecule has 1 heterocycles. The predicted octanol–water partition coefficient (Wildman–Crippen LogP) is -4.36. The van der Waals surface area contributed by atoms with E-state index in [1.165, 1.54) is 13.8 Å². The second-order valence-electron chi connectivity index (χ2n) is 14.3. The largest absolute Gasteiger partial charge is 0.481 e. The lowest BCUT2D eigenvalue weighted by atomic mass is 10.00. The monoisotopic (exact) mass is 771 g/mol. The van der Waals surface area contributed by atoms with Crippen LogP contribution in [0.15, 0.2) is 4.99 Å². The Balaban J connectivity index is 3.13. The van der Waals surface area contributed by atoms with E-state index in [4.69, 9.17) is 22.9 Å². The van der Waals surface area contributed by atoms with E-state index in [1.807, 2.05) is 0 Å². The Bertz CT molecular complexity index is 1340. The molecule has 16 N–H and O–H groups in total. The minimum Gasteiger partial charge on any atom is -0.481 e. The number of aliphatic hydroxyl groups is 2. The number of amides is 6. The van der Waals surface area contributed by atoms with E-state index in [9.17, 15) is 48.9 Å². The number of guanidine groups is 1. The van der Waals surface area contributed by atoms with Crippen LogP contribution in [0.1, 0.15) is 80.1 Å². The SMILES string of the molecule is CC(C)CC(NC(=O)C(CCC(=O)O)NC(=O)C(NC(=O)C(C(C)O)N1CCC(NC(O)C(N)CCCN=C(N)N)C1=O)C(C)C)C(=O)NC(C)C(N)=O. The first kappa shape index (κ1) is 47.4. The first-order chi connectivity index (χ1) is 25.1. The number of nitrogens with zero attached hydrogens (tertiary/aromatic N) is 2. The van der Waals surface area contributed by atoms with E-state index in [0.29, 0.717) is 19.4 Å². The number of aliphatic imine (C=N–C) groups is 1. The summed E-state index contributed by atoms with van der Waals surface area (Å²) in [7, 11) is 0. The van der Waals surface area contributed by atoms with Crippen molar-refractivity contribution in [1.82, 2.24) is 31.5 Å². The van der Waals surface area contributed by atoms with Crippen LogP contribution in [0.2, 0.25) is 0 Å². The van der Waals surface area contributed by atoms with Crippen molar-refractivity contribution in [2.24, 2.45) is 39.8 Å². The van der Waals surface area contributed by atoms with Gasteiger partial charge in [-0.15, -0.1) is 0 Å². The highest BCUT2D eigenvalue weighted by molar-refractivity contribution is 5.97. The van der Waals surface area contributed by atoms with Gasteiger partial charge in [0.2, 0.25) is 35.4 Å². The maximum absolute atomic E-state index is 13.7. The maximum Gasteiger partial charge on any atom is 0.303 e. The smallest absolute Gasteiger partial charge is 0.303 e. The molecule has 0 aliphatic carbocycles. The highest BCUT2D eigenvalue weighted by Crippen LogP contribution is 2.19. The average molecular weight is 772 g/mol. The van der Waals surface area contributed by atoms with Gasteiger partial charge in [-0.25, -0.2) is 0 Å². The summed E-state index contributed by atoms with van der Waals surface area (Å²) in [6, 6.07) is -8.16. The molecular weight excluding hydrogens is 710 g/mol. The lowest BCUT2D eigenvalue weighted by Crippen LogP contribution is -2.61. The van der Waals surface area contributed by atoms with Crippen molar-refractivity contribution >= 4 is 47.4 Å². The molecule has 0 bridgehead atoms. The number of carbonyl (C=O) groups is 7. The Kier molecular flexibility index (Phi) is 19.8. The van der Waals surface area contributed by atoms with E-state index < -0.39 is 108 Å². The van der Waals surface area contributed by atoms with Crippen LogP contribution in [0.5, 0.6) is 0 Å². The molecule has 1 saturated heterocycles. The summed E-state index contributed by atoms with van der Waals surface area (Å²) in [6.07, 6.45) is -2.51. The number of primary amides is 1. The van der Waals surface area contributed by atoms with Crippen LogP contribution in [0, 0.1) is 11.8 Å². The van der Waals surface area contributed by atoms with Crippen LogP contribution in [0.4, 0.5) is 0 Å². The van der Waals surface area contributed by atoms with E-state index in [1.54, 1.807) is 27.7 Å². The van der Waals surface area contributed by atoms with Gasteiger partial charge in [0.25, 0.3) is 0 Å². The van der Waals surface area contributed by atoms with Crippen molar-refractivity contribution in [3.8, 4) is 0 Å². The van der Waals surface area contributed by atoms with Gasteiger partial charge in [-0.05, 0) is 57.8 Å². The number of carboxylic acids is 1. The van der Waals surface area contributed by atoms with Crippen LogP contribution >= 0.6 is 0 Å². The van der Waals surface area contributed by atoms with E-state index in [2.05, 4.69) is 31.6 Å². The zero-order valence-corrected chi connectivity index (χ0v) is 31.9. The first-order valence-corrected chi connectivity index (χ1v) is 18.0. The number of nitrogens with one attached hydrogen (secondary N) is 5. The fraction of sp³-hybridized carbons (Fsp3) is 0.758. The molecular formula is C33H61N11O10. The molecule has 9 atom stereocenters. The molecule has 0 aromatic carbocycles. The number of hydrogen-bond acceptors (Lipinski definition) is 12. The zero-order chi connectivity index (χ0) is 41.4. The number of aliphatic carboxylic acids is 1. The van der Waals surface area contributed by atoms with Crippen molar-refractivity contribution in [1.29, 1.82) is 0 Å². The van der Waals surface area contributed by atoms with Gasteiger partial charge in [0.15, 0.2) is 5.96 Å². The molecule has 0 saturated carbocycles. The summed E-state index contributed by atoms with van der Waals surface area (Å²) in [5, 5.41) is 43.3. The molecule has 1 fully saturated rings. The van der Waals surface area contributed by atoms with Crippen molar-refractivity contribution in [3.63, 3.8) is 0 Å². The van der Waals surface area contributed by atoms with E-state index >= 15 is 0 Å². The quantitative estimate of drug-likeness (QED) is 0.0191. The average Bonchev–Trinajstić information content (AvgIpc) is 3.40. The van der Waals surface area contributed by atoms with Crippen LogP contribution < -0.4 is 49.5 Å². The number of likely N-dealkylation sites (tertiary alicyclic amines) is 1. The number of carboxylic acid groups (broad SMARTS) is 1. The van der Waals surface area contributed by atoms with Crippen molar-refractivity contribution < 1.29 is 48.9 Å². The molecule has 0 spiro atoms. The fourth-order valence-electron chi connectivity index (χ4n) is 5.71. The lowest BCUT2D eigenvalue weighted by molar-refractivity contribution is -0.144. The third kappa shape index (κ3) is 15.8. The molecule has 21 nitrogen and oxygen atoms in total. The van der Waals surface area contributed by atoms with Gasteiger partial charge >= 0.3 is 5.97 Å². The molecule has 1 rings (SSSR count). The summed E-state index contributed by atoms with van der Waals surface area (Å²) in [5.41, 5.74) is 21.9. The number of rotatable bonds is 24. The molecule has 9 unspecified atom stereocenters. The Hall–Kier alpha value is -4.60. The van der Waals surface area contributed by atoms with E-state index in [0.717, 1.165) is 4.90 Å². The summed E-state index contributed by atoms with van der Waals surface area (Å²) in [6.45, 7) is 9.75. The molecule has 0 aromatic rings. The van der Waals surface area contributed by atoms with Gasteiger partial charge in [0.1, 0.15) is 36.4 Å². The van der Waals surface area contributed by atoms with Gasteiger partial charge in [0, 0.05) is 25.6 Å². The number of carbonyl (C=O) groups excluding carboxylic acids is 6. The highest BCUT2D eigenvalue weighted by atomic mass is 16.4. The van der Waals surface area contributed by atoms with Gasteiger partial charge < -0.3 is 64.4 Å². The van der Waals surface area contributed by atoms with Gasteiger partial charge in [-0.1, -0.05) is 27.7 Å². The summed E-state index contributed by atoms with van der Waals surface area (Å²) >= 11 is 0. The number of aliphatic hydroxyl groups excluding tert-OH is 2. The Morgan fingerprint density at radius 2 is 1.44 bits per heavy atom. The normalized spacial score (nSPS) is 18.8. The van der Waals surface area contributed by atoms with Gasteiger partial charge in [-0.3, -0.25) is 43.9 Å². The summed E-state index contributed by atoms with van der Waals surface area (Å²) in [5.74, 6) is -6.80. The summed E-state index contributed by atoms with van der Waals surface area (Å²) in [4.78, 5) is 95.0. The molecule has 21 heteroatoms. The molecule has 1 aliphatic heterocycles. The zero-order valence-electron chi connectivity index (χ0n) is 31.9. The lowest BCUT2D eigenvalue weighted by Gasteiger charge is -2.32. The Labute approximate surface area is 315 Å². The van der Waals surface area contributed by atoms with Crippen molar-refractivity contribution in [2.75, 3.05) is 13.1 Å². The number of nitrogens with two attached hydrogens (primary N) is 4. The van der Waals surface area contributed by atoms with Crippen LogP contribution in [-0.2, 0) is 33.6 Å². The minimum absolute atomic E-state index is 0.0191. The van der Waals surface area contributed by atoms with Crippen LogP contribution in [0.3, 0.4) is 0 Å². The summed E-state index contributed by atoms with van der Waals surface area (Å²) < 4.78 is 0. The predicted molar refractivity (Wildman–Crippen MR) is 196 cm³/mol. The molecule has 1 aliphatic rings. The third-order valence-electron chi connectivity index (χ3n) is 8.72. The Morgan fingerprint density at radius 3 is 1.96 bits per heavy atom. The van der Waals surface area contributed by atoms with E-state index in [-0.39, 0.29) is 37.7 Å². The van der Waals surface area contributed by atoms with Crippen LogP contribution in [0.25, 0.3) is 0 Å². The maximum atomic E-state index is 13.7. The molecule has 6 amide bonds. The van der Waals surface area contributed by atoms with Gasteiger partial charge in [-0.2, -0.15) is 0 Å². The molecule has 0 radical (unpaired) electrons. The van der Waals surface area contributed by atoms with Crippen molar-refractivity contribution in [3.05, 3.63) is 0 Å². The standard InChI is InChI=1S/C33H61N11O10/c1-15(2)14-22(29(51)39-17(5)26(35)48)42-28(50)20(9-10-23(46)47)40-30(52)24(16(3)4)43-31(53)25(18(6)45)44-13-11-21(32(44)54)41-27(49)19(34)8-7-12-38-33(36)37/h15-22,24-25,27,41,45,49H,7-14,34H2,1-6H3,(H2,35,48)(H,39,51)(H,40,52)(H,42,50)(H,43,53)(H,46,47)(H4,36,37,38). The second kappa shape index (κ2) is 22.6. The molecule has 308 valence electrons. The second-order valence-corrected chi connectivity index (χ2v) is 14.3. The highest BCUT2D eigenvalue weighted by Gasteiger charge is 2.43. The van der Waals surface area contributed by atoms with Crippen molar-refractivity contribution in [2.45, 2.75) is 135 Å². The topological polar surface area (TPSA) is 360 Å². The minimum atomic E-state index is -1.47. The first-order valence-electron chi connectivity index (χ1n) is 18.0. The van der Waals surface area contributed by atoms with Crippen LogP contribution in [-0.4, -0.2) is 135 Å². The Morgan fingerprint density at radius 1 is 0.852 bits per heavy atom. The molecule has 54 heavy (non-hydrogen) atoms. The fourth-order valence-corrected chi connectivity index (χ4v) is 5.71. The molecule has 0 aromatic heterocycles.